The van der Waals surface area contributed by atoms with Crippen LogP contribution in [0.3, 0.4) is 0 Å². The quantitative estimate of drug-likeness (QED) is 0.588. The van der Waals surface area contributed by atoms with Crippen molar-refractivity contribution in [1.82, 2.24) is 10.3 Å². The molecule has 1 unspecified atom stereocenters. The molecule has 1 aromatic heterocycles. The van der Waals surface area contributed by atoms with Crippen molar-refractivity contribution in [2.24, 2.45) is 5.73 Å². The first-order chi connectivity index (χ1) is 8.59. The van der Waals surface area contributed by atoms with Crippen LogP contribution in [0.5, 0.6) is 0 Å². The summed E-state index contributed by atoms with van der Waals surface area (Å²) in [6.07, 6.45) is 4.46. The van der Waals surface area contributed by atoms with Crippen LogP contribution in [0.25, 0.3) is 0 Å². The van der Waals surface area contributed by atoms with Gasteiger partial charge in [0.05, 0.1) is 6.42 Å². The molecule has 0 aliphatic rings. The van der Waals surface area contributed by atoms with E-state index in [-0.39, 0.29) is 12.3 Å². The Morgan fingerprint density at radius 2 is 2.28 bits per heavy atom. The molecule has 6 nitrogen and oxygen atoms in total. The Hall–Kier alpha value is -1.95. The van der Waals surface area contributed by atoms with Crippen LogP contribution < -0.4 is 11.1 Å². The number of pyridine rings is 1. The zero-order valence-corrected chi connectivity index (χ0v) is 10.0. The standard InChI is InChI=1S/C12H17N3O3/c13-10(12(17)18)4-2-6-15-11(16)7-9-3-1-5-14-8-9/h1,3,5,8,10H,2,4,6-7,13H2,(H,15,16)(H,17,18). The van der Waals surface area contributed by atoms with Crippen molar-refractivity contribution in [2.45, 2.75) is 25.3 Å². The molecule has 1 rings (SSSR count). The van der Waals surface area contributed by atoms with Crippen molar-refractivity contribution in [1.29, 1.82) is 0 Å². The van der Waals surface area contributed by atoms with Crippen molar-refractivity contribution in [2.75, 3.05) is 6.54 Å². The Morgan fingerprint density at radius 3 is 2.89 bits per heavy atom. The van der Waals surface area contributed by atoms with Gasteiger partial charge in [0.1, 0.15) is 6.04 Å². The molecule has 0 bridgehead atoms. The Balaban J connectivity index is 2.16. The lowest BCUT2D eigenvalue weighted by molar-refractivity contribution is -0.138. The van der Waals surface area contributed by atoms with Gasteiger partial charge in [-0.25, -0.2) is 0 Å². The van der Waals surface area contributed by atoms with Gasteiger partial charge >= 0.3 is 5.97 Å². The molecule has 0 spiro atoms. The minimum absolute atomic E-state index is 0.105. The third kappa shape index (κ3) is 5.40. The summed E-state index contributed by atoms with van der Waals surface area (Å²) < 4.78 is 0. The summed E-state index contributed by atoms with van der Waals surface area (Å²) in [5, 5.41) is 11.3. The van der Waals surface area contributed by atoms with Gasteiger partial charge in [-0.1, -0.05) is 6.07 Å². The van der Waals surface area contributed by atoms with E-state index in [4.69, 9.17) is 10.8 Å². The van der Waals surface area contributed by atoms with Gasteiger partial charge in [0.25, 0.3) is 0 Å². The number of nitrogens with two attached hydrogens (primary N) is 1. The van der Waals surface area contributed by atoms with Crippen molar-refractivity contribution >= 4 is 11.9 Å². The highest BCUT2D eigenvalue weighted by atomic mass is 16.4. The molecule has 0 saturated heterocycles. The minimum Gasteiger partial charge on any atom is -0.480 e. The number of amides is 1. The predicted octanol–water partition coefficient (Wildman–Crippen LogP) is -0.0676. The molecule has 0 fully saturated rings. The molecular weight excluding hydrogens is 234 g/mol. The van der Waals surface area contributed by atoms with Gasteiger partial charge in [-0.2, -0.15) is 0 Å². The molecule has 0 aliphatic heterocycles. The van der Waals surface area contributed by atoms with Gasteiger partial charge in [0, 0.05) is 18.9 Å². The van der Waals surface area contributed by atoms with Gasteiger partial charge in [-0.15, -0.1) is 0 Å². The first-order valence-corrected chi connectivity index (χ1v) is 5.73. The summed E-state index contributed by atoms with van der Waals surface area (Å²) in [6, 6.07) is 2.74. The van der Waals surface area contributed by atoms with E-state index >= 15 is 0 Å². The van der Waals surface area contributed by atoms with E-state index < -0.39 is 12.0 Å². The monoisotopic (exact) mass is 251 g/mol. The van der Waals surface area contributed by atoms with Crippen LogP contribution in [-0.4, -0.2) is 34.6 Å². The summed E-state index contributed by atoms with van der Waals surface area (Å²) in [4.78, 5) is 25.9. The number of rotatable bonds is 7. The average Bonchev–Trinajstić information content (AvgIpc) is 2.35. The number of aliphatic carboxylic acids is 1. The van der Waals surface area contributed by atoms with Crippen molar-refractivity contribution in [3.63, 3.8) is 0 Å². The van der Waals surface area contributed by atoms with E-state index in [1.807, 2.05) is 6.07 Å². The van der Waals surface area contributed by atoms with E-state index in [2.05, 4.69) is 10.3 Å². The summed E-state index contributed by atoms with van der Waals surface area (Å²) in [6.45, 7) is 0.431. The van der Waals surface area contributed by atoms with Gasteiger partial charge in [0.15, 0.2) is 0 Å². The average molecular weight is 251 g/mol. The molecule has 0 aliphatic carbocycles. The highest BCUT2D eigenvalue weighted by Gasteiger charge is 2.10. The molecule has 4 N–H and O–H groups in total. The largest absolute Gasteiger partial charge is 0.480 e. The van der Waals surface area contributed by atoms with E-state index in [0.717, 1.165) is 5.56 Å². The lowest BCUT2D eigenvalue weighted by Gasteiger charge is -2.07. The topological polar surface area (TPSA) is 105 Å². The number of aromatic nitrogens is 1. The van der Waals surface area contributed by atoms with Crippen molar-refractivity contribution < 1.29 is 14.7 Å². The third-order valence-corrected chi connectivity index (χ3v) is 2.42. The first-order valence-electron chi connectivity index (χ1n) is 5.73. The number of hydrogen-bond acceptors (Lipinski definition) is 4. The number of nitrogens with zero attached hydrogens (tertiary/aromatic N) is 1. The maximum atomic E-state index is 11.5. The maximum Gasteiger partial charge on any atom is 0.320 e. The molecule has 0 radical (unpaired) electrons. The summed E-state index contributed by atoms with van der Waals surface area (Å²) in [5.41, 5.74) is 6.18. The molecule has 18 heavy (non-hydrogen) atoms. The molecule has 1 amide bonds. The molecule has 6 heteroatoms. The zero-order chi connectivity index (χ0) is 13.4. The smallest absolute Gasteiger partial charge is 0.320 e. The number of carboxylic acids is 1. The second-order valence-electron chi connectivity index (χ2n) is 3.97. The zero-order valence-electron chi connectivity index (χ0n) is 10.0. The van der Waals surface area contributed by atoms with E-state index in [1.54, 1.807) is 18.5 Å². The number of carbonyl (C=O) groups excluding carboxylic acids is 1. The van der Waals surface area contributed by atoms with E-state index in [9.17, 15) is 9.59 Å². The van der Waals surface area contributed by atoms with Gasteiger partial charge < -0.3 is 16.2 Å². The molecule has 0 aromatic carbocycles. The van der Waals surface area contributed by atoms with Crippen LogP contribution in [0.2, 0.25) is 0 Å². The number of nitrogens with one attached hydrogen (secondary N) is 1. The van der Waals surface area contributed by atoms with Gasteiger partial charge in [-0.3, -0.25) is 14.6 Å². The predicted molar refractivity (Wildman–Crippen MR) is 65.8 cm³/mol. The highest BCUT2D eigenvalue weighted by molar-refractivity contribution is 5.78. The third-order valence-electron chi connectivity index (χ3n) is 2.42. The second kappa shape index (κ2) is 7.39. The number of hydrogen-bond donors (Lipinski definition) is 3. The van der Waals surface area contributed by atoms with Crippen molar-refractivity contribution in [3.8, 4) is 0 Å². The summed E-state index contributed by atoms with van der Waals surface area (Å²) in [7, 11) is 0. The fourth-order valence-electron chi connectivity index (χ4n) is 1.42. The summed E-state index contributed by atoms with van der Waals surface area (Å²) >= 11 is 0. The van der Waals surface area contributed by atoms with Crippen LogP contribution >= 0.6 is 0 Å². The van der Waals surface area contributed by atoms with Crippen molar-refractivity contribution in [3.05, 3.63) is 30.1 Å². The van der Waals surface area contributed by atoms with Crippen LogP contribution in [0.4, 0.5) is 0 Å². The SMILES string of the molecule is NC(CCCNC(=O)Cc1cccnc1)C(=O)O. The fraction of sp³-hybridized carbons (Fsp3) is 0.417. The van der Waals surface area contributed by atoms with Crippen LogP contribution in [0.15, 0.2) is 24.5 Å². The maximum absolute atomic E-state index is 11.5. The normalized spacial score (nSPS) is 11.8. The molecular formula is C12H17N3O3. The molecule has 1 atom stereocenters. The van der Waals surface area contributed by atoms with Crippen LogP contribution in [0.1, 0.15) is 18.4 Å². The Morgan fingerprint density at radius 1 is 1.50 bits per heavy atom. The lowest BCUT2D eigenvalue weighted by atomic mass is 10.1. The number of carboxylic acid groups (broad SMARTS) is 1. The highest BCUT2D eigenvalue weighted by Crippen LogP contribution is 1.97. The Kier molecular flexibility index (Phi) is 5.79. The Labute approximate surface area is 105 Å². The minimum atomic E-state index is -1.02. The van der Waals surface area contributed by atoms with Crippen LogP contribution in [0, 0.1) is 0 Å². The van der Waals surface area contributed by atoms with Gasteiger partial charge in [0.2, 0.25) is 5.91 Å². The first kappa shape index (κ1) is 14.1. The number of carbonyl (C=O) groups is 2. The lowest BCUT2D eigenvalue weighted by Crippen LogP contribution is -2.32. The Bertz CT molecular complexity index is 395. The molecule has 98 valence electrons. The van der Waals surface area contributed by atoms with Gasteiger partial charge in [-0.05, 0) is 24.5 Å². The molecule has 1 aromatic rings. The van der Waals surface area contributed by atoms with E-state index in [1.165, 1.54) is 0 Å². The molecule has 1 heterocycles. The fourth-order valence-corrected chi connectivity index (χ4v) is 1.42. The van der Waals surface area contributed by atoms with E-state index in [0.29, 0.717) is 19.4 Å². The second-order valence-corrected chi connectivity index (χ2v) is 3.97. The summed E-state index contributed by atoms with van der Waals surface area (Å²) in [5.74, 6) is -1.12. The van der Waals surface area contributed by atoms with Crippen LogP contribution in [-0.2, 0) is 16.0 Å². The molecule has 0 saturated carbocycles.